The lowest BCUT2D eigenvalue weighted by molar-refractivity contribution is 0.0832. The van der Waals surface area contributed by atoms with Gasteiger partial charge in [0.2, 0.25) is 0 Å². The minimum Gasteiger partial charge on any atom is -0.409 e. The molecule has 1 heterocycles. The third kappa shape index (κ3) is 3.46. The zero-order chi connectivity index (χ0) is 14.5. The van der Waals surface area contributed by atoms with Crippen molar-refractivity contribution in [2.24, 2.45) is 10.9 Å². The number of hydrogen-bond acceptors (Lipinski definition) is 4. The molecule has 0 amide bonds. The first-order valence-electron chi connectivity index (χ1n) is 6.73. The van der Waals surface area contributed by atoms with Crippen molar-refractivity contribution < 1.29 is 14.3 Å². The summed E-state index contributed by atoms with van der Waals surface area (Å²) in [5, 5.41) is 15.0. The standard InChI is InChI=1S/C14H20FN3O2/c1-9(13-3-2-6-20-13)17-8-10-4-5-11(15)7-12(10)14(16)18-19/h4-5,7,9,13,17,19H,2-3,6,8H2,1H3,(H2,16,18). The molecule has 1 aliphatic heterocycles. The Morgan fingerprint density at radius 3 is 3.10 bits per heavy atom. The maximum Gasteiger partial charge on any atom is 0.170 e. The van der Waals surface area contributed by atoms with Crippen molar-refractivity contribution in [3.05, 3.63) is 35.1 Å². The van der Waals surface area contributed by atoms with E-state index in [1.165, 1.54) is 12.1 Å². The monoisotopic (exact) mass is 281 g/mol. The van der Waals surface area contributed by atoms with E-state index in [1.54, 1.807) is 6.07 Å². The van der Waals surface area contributed by atoms with Crippen molar-refractivity contribution in [2.75, 3.05) is 6.61 Å². The topological polar surface area (TPSA) is 79.9 Å². The van der Waals surface area contributed by atoms with Crippen LogP contribution in [0.25, 0.3) is 0 Å². The van der Waals surface area contributed by atoms with E-state index in [0.29, 0.717) is 12.1 Å². The molecular weight excluding hydrogens is 261 g/mol. The Morgan fingerprint density at radius 2 is 2.45 bits per heavy atom. The Kier molecular flexibility index (Phi) is 4.92. The number of hydrogen-bond donors (Lipinski definition) is 3. The van der Waals surface area contributed by atoms with Crippen LogP contribution in [0.1, 0.15) is 30.9 Å². The number of nitrogens with zero attached hydrogens (tertiary/aromatic N) is 1. The molecule has 1 aliphatic rings. The molecule has 1 aromatic rings. The van der Waals surface area contributed by atoms with Gasteiger partial charge >= 0.3 is 0 Å². The van der Waals surface area contributed by atoms with Gasteiger partial charge in [0, 0.05) is 24.8 Å². The van der Waals surface area contributed by atoms with E-state index in [-0.39, 0.29) is 18.0 Å². The van der Waals surface area contributed by atoms with E-state index in [0.717, 1.165) is 25.0 Å². The summed E-state index contributed by atoms with van der Waals surface area (Å²) in [7, 11) is 0. The summed E-state index contributed by atoms with van der Waals surface area (Å²) in [6.07, 6.45) is 2.34. The van der Waals surface area contributed by atoms with Crippen LogP contribution in [0.2, 0.25) is 0 Å². The summed E-state index contributed by atoms with van der Waals surface area (Å²) >= 11 is 0. The van der Waals surface area contributed by atoms with Crippen LogP contribution in [-0.4, -0.2) is 29.8 Å². The van der Waals surface area contributed by atoms with Crippen molar-refractivity contribution in [3.63, 3.8) is 0 Å². The fraction of sp³-hybridized carbons (Fsp3) is 0.500. The smallest absolute Gasteiger partial charge is 0.170 e. The van der Waals surface area contributed by atoms with Crippen LogP contribution in [0.15, 0.2) is 23.4 Å². The predicted molar refractivity (Wildman–Crippen MR) is 74.2 cm³/mol. The molecule has 2 unspecified atom stereocenters. The van der Waals surface area contributed by atoms with Gasteiger partial charge in [-0.2, -0.15) is 0 Å². The summed E-state index contributed by atoms with van der Waals surface area (Å²) in [6, 6.07) is 4.46. The first-order valence-corrected chi connectivity index (χ1v) is 6.73. The van der Waals surface area contributed by atoms with Gasteiger partial charge in [0.25, 0.3) is 0 Å². The molecule has 0 bridgehead atoms. The van der Waals surface area contributed by atoms with Crippen LogP contribution in [-0.2, 0) is 11.3 Å². The third-order valence-corrected chi connectivity index (χ3v) is 3.59. The van der Waals surface area contributed by atoms with E-state index < -0.39 is 5.82 Å². The Bertz CT molecular complexity index is 487. The van der Waals surface area contributed by atoms with Gasteiger partial charge in [-0.1, -0.05) is 11.2 Å². The SMILES string of the molecule is CC(NCc1ccc(F)cc1C(N)=NO)C1CCCO1. The molecule has 0 aromatic heterocycles. The predicted octanol–water partition coefficient (Wildman–Crippen LogP) is 1.58. The molecule has 20 heavy (non-hydrogen) atoms. The van der Waals surface area contributed by atoms with Gasteiger partial charge in [-0.05, 0) is 37.5 Å². The molecule has 1 saturated heterocycles. The molecule has 6 heteroatoms. The summed E-state index contributed by atoms with van der Waals surface area (Å²) in [5.74, 6) is -0.506. The van der Waals surface area contributed by atoms with Crippen LogP contribution < -0.4 is 11.1 Å². The molecule has 1 aromatic carbocycles. The fourth-order valence-electron chi connectivity index (χ4n) is 2.39. The number of benzene rings is 1. The summed E-state index contributed by atoms with van der Waals surface area (Å²) in [4.78, 5) is 0. The largest absolute Gasteiger partial charge is 0.409 e. The Balaban J connectivity index is 2.05. The molecule has 110 valence electrons. The fourth-order valence-corrected chi connectivity index (χ4v) is 2.39. The van der Waals surface area contributed by atoms with Crippen LogP contribution in [0.5, 0.6) is 0 Å². The van der Waals surface area contributed by atoms with E-state index in [1.807, 2.05) is 0 Å². The number of ether oxygens (including phenoxy) is 1. The number of oxime groups is 1. The maximum atomic E-state index is 13.3. The lowest BCUT2D eigenvalue weighted by Crippen LogP contribution is -2.37. The van der Waals surface area contributed by atoms with Gasteiger partial charge in [-0.3, -0.25) is 0 Å². The van der Waals surface area contributed by atoms with Crippen LogP contribution in [0, 0.1) is 5.82 Å². The molecule has 0 saturated carbocycles. The molecule has 5 nitrogen and oxygen atoms in total. The van der Waals surface area contributed by atoms with Crippen LogP contribution in [0.4, 0.5) is 4.39 Å². The zero-order valence-corrected chi connectivity index (χ0v) is 11.5. The second-order valence-electron chi connectivity index (χ2n) is 5.01. The van der Waals surface area contributed by atoms with Crippen molar-refractivity contribution in [3.8, 4) is 0 Å². The first-order chi connectivity index (χ1) is 9.61. The second-order valence-corrected chi connectivity index (χ2v) is 5.01. The molecule has 1 fully saturated rings. The van der Waals surface area contributed by atoms with Gasteiger partial charge in [-0.15, -0.1) is 0 Å². The van der Waals surface area contributed by atoms with Crippen LogP contribution in [0.3, 0.4) is 0 Å². The number of nitrogens with two attached hydrogens (primary N) is 1. The zero-order valence-electron chi connectivity index (χ0n) is 11.5. The first kappa shape index (κ1) is 14.7. The van der Waals surface area contributed by atoms with Gasteiger partial charge in [0.05, 0.1) is 6.10 Å². The van der Waals surface area contributed by atoms with E-state index >= 15 is 0 Å². The van der Waals surface area contributed by atoms with Crippen molar-refractivity contribution in [2.45, 2.75) is 38.5 Å². The maximum absolute atomic E-state index is 13.3. The van der Waals surface area contributed by atoms with E-state index in [2.05, 4.69) is 17.4 Å². The van der Waals surface area contributed by atoms with Gasteiger partial charge in [-0.25, -0.2) is 4.39 Å². The highest BCUT2D eigenvalue weighted by atomic mass is 19.1. The number of nitrogens with one attached hydrogen (secondary N) is 1. The molecule has 4 N–H and O–H groups in total. The second kappa shape index (κ2) is 6.67. The molecule has 0 aliphatic carbocycles. The van der Waals surface area contributed by atoms with Crippen molar-refractivity contribution in [1.29, 1.82) is 0 Å². The lowest BCUT2D eigenvalue weighted by atomic mass is 10.0. The minimum absolute atomic E-state index is 0.0916. The van der Waals surface area contributed by atoms with Crippen LogP contribution >= 0.6 is 0 Å². The number of halogens is 1. The number of amidine groups is 1. The normalized spacial score (nSPS) is 21.1. The minimum atomic E-state index is -0.414. The Labute approximate surface area is 117 Å². The molecule has 0 radical (unpaired) electrons. The molecule has 0 spiro atoms. The quantitative estimate of drug-likeness (QED) is 0.331. The van der Waals surface area contributed by atoms with E-state index in [9.17, 15) is 4.39 Å². The molecule has 2 rings (SSSR count). The average Bonchev–Trinajstić information content (AvgIpc) is 2.99. The van der Waals surface area contributed by atoms with Gasteiger partial charge in [0.1, 0.15) is 5.82 Å². The Hall–Kier alpha value is -1.66. The van der Waals surface area contributed by atoms with Gasteiger partial charge < -0.3 is 21.0 Å². The highest BCUT2D eigenvalue weighted by Crippen LogP contribution is 2.17. The van der Waals surface area contributed by atoms with E-state index in [4.69, 9.17) is 15.7 Å². The van der Waals surface area contributed by atoms with Gasteiger partial charge in [0.15, 0.2) is 5.84 Å². The average molecular weight is 281 g/mol. The van der Waals surface area contributed by atoms with Crippen molar-refractivity contribution in [1.82, 2.24) is 5.32 Å². The third-order valence-electron chi connectivity index (χ3n) is 3.59. The molecular formula is C14H20FN3O2. The Morgan fingerprint density at radius 1 is 1.65 bits per heavy atom. The van der Waals surface area contributed by atoms with Crippen molar-refractivity contribution >= 4 is 5.84 Å². The summed E-state index contributed by atoms with van der Waals surface area (Å²) < 4.78 is 18.9. The lowest BCUT2D eigenvalue weighted by Gasteiger charge is -2.20. The highest BCUT2D eigenvalue weighted by molar-refractivity contribution is 5.98. The summed E-state index contributed by atoms with van der Waals surface area (Å²) in [5.41, 5.74) is 6.76. The highest BCUT2D eigenvalue weighted by Gasteiger charge is 2.22. The summed E-state index contributed by atoms with van der Waals surface area (Å²) in [6.45, 7) is 3.37. The molecule has 2 atom stereocenters. The number of rotatable bonds is 5.